The molecule has 5 heteroatoms. The van der Waals surface area contributed by atoms with Crippen LogP contribution in [0.25, 0.3) is 0 Å². The number of pyridine rings is 1. The molecule has 1 atom stereocenters. The number of hydrogen-bond acceptors (Lipinski definition) is 4. The first-order valence-electron chi connectivity index (χ1n) is 7.24. The van der Waals surface area contributed by atoms with Gasteiger partial charge in [0.15, 0.2) is 0 Å². The number of ether oxygens (including phenoxy) is 2. The van der Waals surface area contributed by atoms with Crippen LogP contribution in [-0.2, 0) is 4.74 Å². The van der Waals surface area contributed by atoms with E-state index in [1.807, 2.05) is 30.3 Å². The Bertz CT molecular complexity index is 645. The number of carbonyl (C=O) groups excluding carboxylic acids is 1. The van der Waals surface area contributed by atoms with E-state index in [1.54, 1.807) is 23.2 Å². The lowest BCUT2D eigenvalue weighted by atomic mass is 10.1. The summed E-state index contributed by atoms with van der Waals surface area (Å²) in [5.41, 5.74) is 1.57. The van der Waals surface area contributed by atoms with Crippen molar-refractivity contribution in [2.45, 2.75) is 6.10 Å². The van der Waals surface area contributed by atoms with E-state index in [9.17, 15) is 4.79 Å². The summed E-state index contributed by atoms with van der Waals surface area (Å²) in [5.74, 6) is 0.282. The molecule has 1 aliphatic rings. The zero-order valence-corrected chi connectivity index (χ0v) is 12.4. The molecule has 114 valence electrons. The summed E-state index contributed by atoms with van der Waals surface area (Å²) < 4.78 is 11.0. The van der Waals surface area contributed by atoms with E-state index in [0.717, 1.165) is 5.56 Å². The van der Waals surface area contributed by atoms with Crippen molar-refractivity contribution in [2.24, 2.45) is 0 Å². The molecule has 0 aliphatic carbocycles. The molecule has 22 heavy (non-hydrogen) atoms. The van der Waals surface area contributed by atoms with E-state index in [0.29, 0.717) is 31.1 Å². The molecular weight excluding hydrogens is 280 g/mol. The van der Waals surface area contributed by atoms with Gasteiger partial charge in [0.2, 0.25) is 5.88 Å². The van der Waals surface area contributed by atoms with Crippen LogP contribution in [0, 0.1) is 0 Å². The van der Waals surface area contributed by atoms with Crippen molar-refractivity contribution in [3.63, 3.8) is 0 Å². The molecule has 2 heterocycles. The highest BCUT2D eigenvalue weighted by Crippen LogP contribution is 2.24. The molecule has 1 amide bonds. The van der Waals surface area contributed by atoms with Gasteiger partial charge in [-0.05, 0) is 17.7 Å². The van der Waals surface area contributed by atoms with Gasteiger partial charge in [0.05, 0.1) is 20.3 Å². The summed E-state index contributed by atoms with van der Waals surface area (Å²) in [4.78, 5) is 18.6. The van der Waals surface area contributed by atoms with Crippen molar-refractivity contribution < 1.29 is 14.3 Å². The number of methoxy groups -OCH3 is 1. The van der Waals surface area contributed by atoms with Crippen molar-refractivity contribution >= 4 is 5.91 Å². The summed E-state index contributed by atoms with van der Waals surface area (Å²) in [6, 6.07) is 13.4. The largest absolute Gasteiger partial charge is 0.480 e. The van der Waals surface area contributed by atoms with Crippen molar-refractivity contribution in [3.05, 3.63) is 59.8 Å². The molecule has 1 aromatic carbocycles. The lowest BCUT2D eigenvalue weighted by Gasteiger charge is -2.33. The number of nitrogens with zero attached hydrogens (tertiary/aromatic N) is 2. The fraction of sp³-hybridized carbons (Fsp3) is 0.294. The summed E-state index contributed by atoms with van der Waals surface area (Å²) in [5, 5.41) is 0. The maximum atomic E-state index is 12.7. The molecule has 0 bridgehead atoms. The van der Waals surface area contributed by atoms with Gasteiger partial charge < -0.3 is 14.4 Å². The summed E-state index contributed by atoms with van der Waals surface area (Å²) in [6.45, 7) is 1.62. The van der Waals surface area contributed by atoms with Gasteiger partial charge in [0.1, 0.15) is 11.7 Å². The molecule has 1 fully saturated rings. The molecule has 3 rings (SSSR count). The fourth-order valence-corrected chi connectivity index (χ4v) is 2.59. The molecule has 0 saturated carbocycles. The Balaban J connectivity index is 1.78. The lowest BCUT2D eigenvalue weighted by Crippen LogP contribution is -2.42. The molecule has 1 saturated heterocycles. The van der Waals surface area contributed by atoms with Crippen molar-refractivity contribution in [2.75, 3.05) is 26.8 Å². The maximum Gasteiger partial charge on any atom is 0.259 e. The highest BCUT2D eigenvalue weighted by molar-refractivity contribution is 5.96. The minimum Gasteiger partial charge on any atom is -0.480 e. The zero-order chi connectivity index (χ0) is 15.4. The predicted molar refractivity (Wildman–Crippen MR) is 81.8 cm³/mol. The van der Waals surface area contributed by atoms with Crippen LogP contribution in [0.1, 0.15) is 22.0 Å². The SMILES string of the molecule is COc1ncccc1C(=O)N1CCOC(c2ccccc2)C1. The number of carbonyl (C=O) groups is 1. The van der Waals surface area contributed by atoms with Crippen molar-refractivity contribution in [3.8, 4) is 5.88 Å². The summed E-state index contributed by atoms with van der Waals surface area (Å²) >= 11 is 0. The molecular formula is C17H18N2O3. The lowest BCUT2D eigenvalue weighted by molar-refractivity contribution is -0.0229. The van der Waals surface area contributed by atoms with E-state index in [-0.39, 0.29) is 12.0 Å². The van der Waals surface area contributed by atoms with E-state index in [2.05, 4.69) is 4.98 Å². The second kappa shape index (κ2) is 6.58. The van der Waals surface area contributed by atoms with Gasteiger partial charge in [-0.3, -0.25) is 4.79 Å². The number of benzene rings is 1. The molecule has 0 spiro atoms. The van der Waals surface area contributed by atoms with Crippen LogP contribution in [0.4, 0.5) is 0 Å². The van der Waals surface area contributed by atoms with Gasteiger partial charge in [-0.2, -0.15) is 0 Å². The predicted octanol–water partition coefficient (Wildman–Crippen LogP) is 2.30. The first-order chi connectivity index (χ1) is 10.8. The van der Waals surface area contributed by atoms with Crippen molar-refractivity contribution in [1.82, 2.24) is 9.88 Å². The van der Waals surface area contributed by atoms with Crippen LogP contribution >= 0.6 is 0 Å². The Morgan fingerprint density at radius 3 is 2.86 bits per heavy atom. The van der Waals surface area contributed by atoms with Gasteiger partial charge in [0.25, 0.3) is 5.91 Å². The van der Waals surface area contributed by atoms with Crippen LogP contribution in [0.15, 0.2) is 48.7 Å². The topological polar surface area (TPSA) is 51.7 Å². The molecule has 0 N–H and O–H groups in total. The second-order valence-corrected chi connectivity index (χ2v) is 5.08. The monoisotopic (exact) mass is 298 g/mol. The normalized spacial score (nSPS) is 18.0. The third-order valence-corrected chi connectivity index (χ3v) is 3.72. The van der Waals surface area contributed by atoms with Crippen LogP contribution in [0.3, 0.4) is 0 Å². The Hall–Kier alpha value is -2.40. The van der Waals surface area contributed by atoms with E-state index in [1.165, 1.54) is 7.11 Å². The summed E-state index contributed by atoms with van der Waals surface area (Å²) in [6.07, 6.45) is 1.52. The molecule has 2 aromatic rings. The third kappa shape index (κ3) is 2.94. The Morgan fingerprint density at radius 1 is 1.27 bits per heavy atom. The molecule has 5 nitrogen and oxygen atoms in total. The Kier molecular flexibility index (Phi) is 4.34. The van der Waals surface area contributed by atoms with Crippen LogP contribution in [-0.4, -0.2) is 42.6 Å². The highest BCUT2D eigenvalue weighted by atomic mass is 16.5. The van der Waals surface area contributed by atoms with E-state index >= 15 is 0 Å². The van der Waals surface area contributed by atoms with E-state index in [4.69, 9.17) is 9.47 Å². The van der Waals surface area contributed by atoms with Crippen LogP contribution in [0.5, 0.6) is 5.88 Å². The minimum atomic E-state index is -0.0958. The van der Waals surface area contributed by atoms with E-state index < -0.39 is 0 Å². The van der Waals surface area contributed by atoms with Crippen LogP contribution in [0.2, 0.25) is 0 Å². The summed E-state index contributed by atoms with van der Waals surface area (Å²) in [7, 11) is 1.52. The second-order valence-electron chi connectivity index (χ2n) is 5.08. The zero-order valence-electron chi connectivity index (χ0n) is 12.4. The molecule has 1 aliphatic heterocycles. The highest BCUT2D eigenvalue weighted by Gasteiger charge is 2.27. The van der Waals surface area contributed by atoms with Gasteiger partial charge in [0, 0.05) is 12.7 Å². The standard InChI is InChI=1S/C17H18N2O3/c1-21-16-14(8-5-9-18-16)17(20)19-10-11-22-15(12-19)13-6-3-2-4-7-13/h2-9,15H,10-12H2,1H3. The van der Waals surface area contributed by atoms with Gasteiger partial charge in [-0.15, -0.1) is 0 Å². The Morgan fingerprint density at radius 2 is 2.09 bits per heavy atom. The smallest absolute Gasteiger partial charge is 0.259 e. The van der Waals surface area contributed by atoms with Gasteiger partial charge >= 0.3 is 0 Å². The first-order valence-corrected chi connectivity index (χ1v) is 7.24. The number of rotatable bonds is 3. The van der Waals surface area contributed by atoms with Crippen molar-refractivity contribution in [1.29, 1.82) is 0 Å². The average Bonchev–Trinajstić information content (AvgIpc) is 2.62. The molecule has 1 unspecified atom stereocenters. The number of morpholine rings is 1. The average molecular weight is 298 g/mol. The Labute approximate surface area is 129 Å². The number of hydrogen-bond donors (Lipinski definition) is 0. The van der Waals surface area contributed by atoms with Gasteiger partial charge in [-0.1, -0.05) is 30.3 Å². The van der Waals surface area contributed by atoms with Crippen LogP contribution < -0.4 is 4.74 Å². The molecule has 0 radical (unpaired) electrons. The number of amides is 1. The fourth-order valence-electron chi connectivity index (χ4n) is 2.59. The quantitative estimate of drug-likeness (QED) is 0.872. The number of aromatic nitrogens is 1. The third-order valence-electron chi connectivity index (χ3n) is 3.72. The molecule has 1 aromatic heterocycles. The van der Waals surface area contributed by atoms with Gasteiger partial charge in [-0.25, -0.2) is 4.98 Å². The minimum absolute atomic E-state index is 0.0748. The maximum absolute atomic E-state index is 12.7. The first kappa shape index (κ1) is 14.5.